The van der Waals surface area contributed by atoms with E-state index >= 15 is 0 Å². The number of nitrogens with one attached hydrogen (secondary N) is 1. The number of carbonyl (C=O) groups is 1. The molecule has 0 aliphatic carbocycles. The van der Waals surface area contributed by atoms with Crippen molar-refractivity contribution < 1.29 is 23.7 Å². The first-order valence-electron chi connectivity index (χ1n) is 11.0. The Labute approximate surface area is 202 Å². The summed E-state index contributed by atoms with van der Waals surface area (Å²) in [5, 5.41) is 15.7. The Hall–Kier alpha value is -4.34. The maximum atomic E-state index is 12.1. The maximum Gasteiger partial charge on any atom is 0.258 e. The third-order valence-electron chi connectivity index (χ3n) is 5.26. The zero-order valence-corrected chi connectivity index (χ0v) is 20.1. The van der Waals surface area contributed by atoms with Gasteiger partial charge in [-0.2, -0.15) is 4.52 Å². The van der Waals surface area contributed by atoms with Crippen LogP contribution in [0.3, 0.4) is 0 Å². The summed E-state index contributed by atoms with van der Waals surface area (Å²) in [4.78, 5) is 12.1. The van der Waals surface area contributed by atoms with Crippen LogP contribution < -0.4 is 24.3 Å². The number of methoxy groups -OCH3 is 2. The van der Waals surface area contributed by atoms with Gasteiger partial charge < -0.3 is 24.3 Å². The number of aryl methyl sites for hydroxylation is 2. The Morgan fingerprint density at radius 3 is 2.60 bits per heavy atom. The van der Waals surface area contributed by atoms with E-state index in [1.54, 1.807) is 49.1 Å². The second-order valence-corrected chi connectivity index (χ2v) is 7.79. The predicted molar refractivity (Wildman–Crippen MR) is 129 cm³/mol. The van der Waals surface area contributed by atoms with E-state index in [1.807, 2.05) is 32.0 Å². The summed E-state index contributed by atoms with van der Waals surface area (Å²) in [5.74, 6) is 2.58. The summed E-state index contributed by atoms with van der Waals surface area (Å²) in [5.41, 5.74) is 3.28. The number of rotatable bonds is 10. The van der Waals surface area contributed by atoms with Crippen LogP contribution in [-0.2, 0) is 4.79 Å². The second-order valence-electron chi connectivity index (χ2n) is 7.79. The first-order chi connectivity index (χ1) is 17.0. The first-order valence-corrected chi connectivity index (χ1v) is 11.0. The molecular weight excluding hydrogens is 450 g/mol. The molecule has 0 unspecified atom stereocenters. The van der Waals surface area contributed by atoms with Gasteiger partial charge in [0.2, 0.25) is 5.88 Å². The van der Waals surface area contributed by atoms with Crippen molar-refractivity contribution in [2.75, 3.05) is 34.0 Å². The Morgan fingerprint density at radius 2 is 1.80 bits per heavy atom. The minimum absolute atomic E-state index is 0.0685. The second kappa shape index (κ2) is 10.7. The fourth-order valence-electron chi connectivity index (χ4n) is 3.41. The van der Waals surface area contributed by atoms with Gasteiger partial charge >= 0.3 is 0 Å². The molecule has 10 nitrogen and oxygen atoms in total. The zero-order valence-electron chi connectivity index (χ0n) is 20.1. The van der Waals surface area contributed by atoms with Crippen LogP contribution in [0, 0.1) is 13.8 Å². The molecule has 1 amide bonds. The molecule has 0 spiro atoms. The quantitative estimate of drug-likeness (QED) is 0.347. The van der Waals surface area contributed by atoms with Crippen LogP contribution >= 0.6 is 0 Å². The molecule has 182 valence electrons. The highest BCUT2D eigenvalue weighted by molar-refractivity contribution is 5.77. The Kier molecular flexibility index (Phi) is 7.30. The van der Waals surface area contributed by atoms with Crippen LogP contribution in [0.15, 0.2) is 48.5 Å². The van der Waals surface area contributed by atoms with Crippen molar-refractivity contribution in [1.29, 1.82) is 0 Å². The van der Waals surface area contributed by atoms with E-state index in [0.717, 1.165) is 11.1 Å². The first kappa shape index (κ1) is 23.8. The number of hydrogen-bond donors (Lipinski definition) is 1. The van der Waals surface area contributed by atoms with Crippen LogP contribution in [0.4, 0.5) is 0 Å². The topological polar surface area (TPSA) is 109 Å². The summed E-state index contributed by atoms with van der Waals surface area (Å²) in [6, 6.07) is 14.7. The van der Waals surface area contributed by atoms with Gasteiger partial charge in [0.25, 0.3) is 5.91 Å². The molecule has 0 saturated carbocycles. The van der Waals surface area contributed by atoms with Crippen molar-refractivity contribution in [2.45, 2.75) is 13.8 Å². The highest BCUT2D eigenvalue weighted by Crippen LogP contribution is 2.32. The van der Waals surface area contributed by atoms with Gasteiger partial charge in [-0.1, -0.05) is 12.1 Å². The molecule has 0 saturated heterocycles. The number of ether oxygens (including phenoxy) is 4. The van der Waals surface area contributed by atoms with Crippen LogP contribution in [0.5, 0.6) is 23.1 Å². The highest BCUT2D eigenvalue weighted by Gasteiger charge is 2.16. The molecule has 1 N–H and O–H groups in total. The maximum absolute atomic E-state index is 12.1. The Bertz CT molecular complexity index is 1340. The molecule has 0 fully saturated rings. The molecule has 4 rings (SSSR count). The lowest BCUT2D eigenvalue weighted by Gasteiger charge is -2.11. The number of nitrogens with zero attached hydrogens (tertiary/aromatic N) is 4. The summed E-state index contributed by atoms with van der Waals surface area (Å²) in [6.45, 7) is 4.38. The highest BCUT2D eigenvalue weighted by atomic mass is 16.5. The average molecular weight is 478 g/mol. The summed E-state index contributed by atoms with van der Waals surface area (Å²) in [7, 11) is 3.17. The van der Waals surface area contributed by atoms with Gasteiger partial charge in [0.1, 0.15) is 23.9 Å². The van der Waals surface area contributed by atoms with Gasteiger partial charge in [-0.25, -0.2) is 0 Å². The molecule has 0 radical (unpaired) electrons. The fraction of sp³-hybridized carbons (Fsp3) is 0.280. The minimum Gasteiger partial charge on any atom is -0.497 e. The van der Waals surface area contributed by atoms with Crippen molar-refractivity contribution >= 4 is 11.6 Å². The van der Waals surface area contributed by atoms with Crippen LogP contribution in [0.1, 0.15) is 11.1 Å². The normalized spacial score (nSPS) is 10.7. The van der Waals surface area contributed by atoms with Crippen molar-refractivity contribution in [3.05, 3.63) is 59.7 Å². The number of carbonyl (C=O) groups excluding carboxylic acids is 1. The van der Waals surface area contributed by atoms with E-state index in [-0.39, 0.29) is 19.1 Å². The van der Waals surface area contributed by atoms with Gasteiger partial charge in [0.05, 0.1) is 26.3 Å². The molecule has 10 heteroatoms. The standard InChI is InChI=1S/C25H27N5O5/c1-16-5-6-17(2)21(13-16)35-15-23(31)26-11-12-34-24-10-9-22-27-28-25(30(22)29-24)19-14-18(32-3)7-8-20(19)33-4/h5-10,13-14H,11-12,15H2,1-4H3,(H,26,31). The lowest BCUT2D eigenvalue weighted by molar-refractivity contribution is -0.123. The van der Waals surface area contributed by atoms with E-state index in [0.29, 0.717) is 46.7 Å². The molecule has 2 aromatic heterocycles. The number of benzene rings is 2. The molecular formula is C25H27N5O5. The van der Waals surface area contributed by atoms with Gasteiger partial charge in [-0.05, 0) is 55.3 Å². The number of hydrogen-bond acceptors (Lipinski definition) is 8. The number of amides is 1. The van der Waals surface area contributed by atoms with E-state index in [4.69, 9.17) is 18.9 Å². The molecule has 2 aromatic carbocycles. The molecule has 4 aromatic rings. The van der Waals surface area contributed by atoms with Crippen LogP contribution in [-0.4, -0.2) is 59.7 Å². The van der Waals surface area contributed by atoms with Gasteiger partial charge in [0.15, 0.2) is 18.1 Å². The van der Waals surface area contributed by atoms with E-state index < -0.39 is 0 Å². The van der Waals surface area contributed by atoms with Crippen molar-refractivity contribution in [3.8, 4) is 34.5 Å². The predicted octanol–water partition coefficient (Wildman–Crippen LogP) is 3.00. The molecule has 0 aliphatic rings. The van der Waals surface area contributed by atoms with Gasteiger partial charge in [0, 0.05) is 6.07 Å². The van der Waals surface area contributed by atoms with Gasteiger partial charge in [-0.15, -0.1) is 15.3 Å². The van der Waals surface area contributed by atoms with Crippen LogP contribution in [0.25, 0.3) is 17.0 Å². The molecule has 0 bridgehead atoms. The monoisotopic (exact) mass is 477 g/mol. The molecule has 0 atom stereocenters. The van der Waals surface area contributed by atoms with Gasteiger partial charge in [-0.3, -0.25) is 4.79 Å². The lowest BCUT2D eigenvalue weighted by atomic mass is 10.1. The minimum atomic E-state index is -0.232. The Balaban J connectivity index is 1.36. The lowest BCUT2D eigenvalue weighted by Crippen LogP contribution is -2.32. The third kappa shape index (κ3) is 5.60. The molecule has 35 heavy (non-hydrogen) atoms. The summed E-state index contributed by atoms with van der Waals surface area (Å²) in [6.07, 6.45) is 0. The van der Waals surface area contributed by atoms with E-state index in [2.05, 4.69) is 20.6 Å². The number of fused-ring (bicyclic) bond motifs is 1. The van der Waals surface area contributed by atoms with E-state index in [9.17, 15) is 4.79 Å². The largest absolute Gasteiger partial charge is 0.497 e. The SMILES string of the molecule is COc1ccc(OC)c(-c2nnc3ccc(OCCNC(=O)COc4cc(C)ccc4C)nn23)c1. The average Bonchev–Trinajstić information content (AvgIpc) is 3.29. The summed E-state index contributed by atoms with van der Waals surface area (Å²) >= 11 is 0. The summed E-state index contributed by atoms with van der Waals surface area (Å²) < 4.78 is 23.7. The number of aromatic nitrogens is 4. The molecule has 2 heterocycles. The fourth-order valence-corrected chi connectivity index (χ4v) is 3.41. The van der Waals surface area contributed by atoms with Crippen molar-refractivity contribution in [1.82, 2.24) is 25.1 Å². The van der Waals surface area contributed by atoms with Crippen LogP contribution in [0.2, 0.25) is 0 Å². The zero-order chi connectivity index (χ0) is 24.8. The smallest absolute Gasteiger partial charge is 0.258 e. The Morgan fingerprint density at radius 1 is 0.943 bits per heavy atom. The van der Waals surface area contributed by atoms with Crippen molar-refractivity contribution in [3.63, 3.8) is 0 Å². The third-order valence-corrected chi connectivity index (χ3v) is 5.26. The molecule has 0 aliphatic heterocycles. The van der Waals surface area contributed by atoms with E-state index in [1.165, 1.54) is 0 Å². The van der Waals surface area contributed by atoms with Crippen molar-refractivity contribution in [2.24, 2.45) is 0 Å².